The first-order chi connectivity index (χ1) is 12.1. The molecule has 0 aliphatic carbocycles. The summed E-state index contributed by atoms with van der Waals surface area (Å²) in [5.41, 5.74) is -0.388. The van der Waals surface area contributed by atoms with Gasteiger partial charge in [-0.3, -0.25) is 9.59 Å². The standard InChI is InChI=1S/C18H14N2O4S/c1-2-24-18(23)13-11-14(16(21)15-9-6-10-25-15)19-20(17(13)22)12-7-4-3-5-8-12/h3-11H,2H2,1H3. The number of benzene rings is 1. The van der Waals surface area contributed by atoms with Crippen molar-refractivity contribution >= 4 is 23.1 Å². The van der Waals surface area contributed by atoms with Crippen LogP contribution in [0.25, 0.3) is 5.69 Å². The molecule has 0 spiro atoms. The zero-order valence-corrected chi connectivity index (χ0v) is 14.2. The van der Waals surface area contributed by atoms with Crippen molar-refractivity contribution in [2.45, 2.75) is 6.92 Å². The van der Waals surface area contributed by atoms with E-state index in [1.807, 2.05) is 0 Å². The number of ketones is 1. The topological polar surface area (TPSA) is 78.3 Å². The Bertz CT molecular complexity index is 962. The molecule has 0 aliphatic rings. The predicted molar refractivity (Wildman–Crippen MR) is 93.5 cm³/mol. The summed E-state index contributed by atoms with van der Waals surface area (Å²) < 4.78 is 5.99. The normalized spacial score (nSPS) is 10.4. The molecular weight excluding hydrogens is 340 g/mol. The SMILES string of the molecule is CCOC(=O)c1cc(C(=O)c2cccs2)nn(-c2ccccc2)c1=O. The van der Waals surface area contributed by atoms with Gasteiger partial charge in [-0.2, -0.15) is 9.78 Å². The second-order valence-corrected chi connectivity index (χ2v) is 5.97. The summed E-state index contributed by atoms with van der Waals surface area (Å²) in [5.74, 6) is -1.13. The third-order valence-electron chi connectivity index (χ3n) is 3.39. The van der Waals surface area contributed by atoms with Crippen LogP contribution in [0.3, 0.4) is 0 Å². The first-order valence-electron chi connectivity index (χ1n) is 7.57. The molecule has 25 heavy (non-hydrogen) atoms. The van der Waals surface area contributed by atoms with E-state index in [-0.39, 0.29) is 23.6 Å². The number of carbonyl (C=O) groups is 2. The predicted octanol–water partition coefficient (Wildman–Crippen LogP) is 2.70. The van der Waals surface area contributed by atoms with Gasteiger partial charge >= 0.3 is 5.97 Å². The van der Waals surface area contributed by atoms with E-state index in [2.05, 4.69) is 5.10 Å². The molecule has 0 amide bonds. The van der Waals surface area contributed by atoms with E-state index >= 15 is 0 Å². The summed E-state index contributed by atoms with van der Waals surface area (Å²) in [6.45, 7) is 1.77. The summed E-state index contributed by atoms with van der Waals surface area (Å²) in [7, 11) is 0. The summed E-state index contributed by atoms with van der Waals surface area (Å²) in [5, 5.41) is 5.93. The van der Waals surface area contributed by atoms with Gasteiger partial charge in [-0.25, -0.2) is 4.79 Å². The van der Waals surface area contributed by atoms with Gasteiger partial charge in [0.25, 0.3) is 5.56 Å². The third kappa shape index (κ3) is 3.41. The summed E-state index contributed by atoms with van der Waals surface area (Å²) in [6, 6.07) is 13.2. The van der Waals surface area contributed by atoms with Crippen molar-refractivity contribution in [3.63, 3.8) is 0 Å². The van der Waals surface area contributed by atoms with Crippen LogP contribution < -0.4 is 5.56 Å². The van der Waals surface area contributed by atoms with Crippen LogP contribution in [-0.4, -0.2) is 28.1 Å². The molecule has 0 radical (unpaired) electrons. The molecule has 126 valence electrons. The van der Waals surface area contributed by atoms with Gasteiger partial charge in [0.2, 0.25) is 5.78 Å². The van der Waals surface area contributed by atoms with Crippen molar-refractivity contribution in [2.24, 2.45) is 0 Å². The molecule has 6 nitrogen and oxygen atoms in total. The van der Waals surface area contributed by atoms with Crippen LogP contribution in [0.1, 0.15) is 32.6 Å². The number of nitrogens with zero attached hydrogens (tertiary/aromatic N) is 2. The molecule has 0 bridgehead atoms. The second kappa shape index (κ2) is 7.23. The zero-order chi connectivity index (χ0) is 17.8. The lowest BCUT2D eigenvalue weighted by molar-refractivity contribution is 0.0523. The average molecular weight is 354 g/mol. The van der Waals surface area contributed by atoms with E-state index in [1.54, 1.807) is 54.8 Å². The number of hydrogen-bond donors (Lipinski definition) is 0. The second-order valence-electron chi connectivity index (χ2n) is 5.02. The van der Waals surface area contributed by atoms with Crippen LogP contribution in [0.4, 0.5) is 0 Å². The van der Waals surface area contributed by atoms with Crippen molar-refractivity contribution in [3.8, 4) is 5.69 Å². The molecule has 0 saturated carbocycles. The molecular formula is C18H14N2O4S. The molecule has 0 atom stereocenters. The largest absolute Gasteiger partial charge is 0.462 e. The van der Waals surface area contributed by atoms with Gasteiger partial charge in [-0.1, -0.05) is 24.3 Å². The van der Waals surface area contributed by atoms with E-state index in [1.165, 1.54) is 17.4 Å². The third-order valence-corrected chi connectivity index (χ3v) is 4.25. The first-order valence-corrected chi connectivity index (χ1v) is 8.45. The van der Waals surface area contributed by atoms with Crippen molar-refractivity contribution in [1.82, 2.24) is 9.78 Å². The summed E-state index contributed by atoms with van der Waals surface area (Å²) >= 11 is 1.26. The highest BCUT2D eigenvalue weighted by Gasteiger charge is 2.21. The van der Waals surface area contributed by atoms with Crippen molar-refractivity contribution in [2.75, 3.05) is 6.61 Å². The number of aromatic nitrogens is 2. The van der Waals surface area contributed by atoms with E-state index in [0.29, 0.717) is 10.6 Å². The van der Waals surface area contributed by atoms with Crippen LogP contribution in [-0.2, 0) is 4.74 Å². The Morgan fingerprint density at radius 3 is 2.56 bits per heavy atom. The molecule has 3 aromatic rings. The van der Waals surface area contributed by atoms with Crippen molar-refractivity contribution in [3.05, 3.63) is 80.4 Å². The fourth-order valence-corrected chi connectivity index (χ4v) is 2.91. The highest BCUT2D eigenvalue weighted by Crippen LogP contribution is 2.15. The van der Waals surface area contributed by atoms with Crippen LogP contribution in [0.2, 0.25) is 0 Å². The van der Waals surface area contributed by atoms with E-state index in [0.717, 1.165) is 4.68 Å². The Morgan fingerprint density at radius 1 is 1.16 bits per heavy atom. The highest BCUT2D eigenvalue weighted by atomic mass is 32.1. The Hall–Kier alpha value is -3.06. The lowest BCUT2D eigenvalue weighted by Gasteiger charge is -2.09. The average Bonchev–Trinajstić information content (AvgIpc) is 3.17. The summed E-state index contributed by atoms with van der Waals surface area (Å²) in [6.07, 6.45) is 0. The maximum Gasteiger partial charge on any atom is 0.343 e. The smallest absolute Gasteiger partial charge is 0.343 e. The van der Waals surface area contributed by atoms with Crippen LogP contribution >= 0.6 is 11.3 Å². The lowest BCUT2D eigenvalue weighted by atomic mass is 10.2. The van der Waals surface area contributed by atoms with E-state index in [9.17, 15) is 14.4 Å². The molecule has 0 fully saturated rings. The Kier molecular flexibility index (Phi) is 4.85. The molecule has 1 aromatic carbocycles. The quantitative estimate of drug-likeness (QED) is 0.520. The minimum atomic E-state index is -0.778. The number of rotatable bonds is 5. The Labute approximate surface area is 147 Å². The van der Waals surface area contributed by atoms with Gasteiger partial charge in [-0.05, 0) is 36.6 Å². The maximum atomic E-state index is 12.6. The monoisotopic (exact) mass is 354 g/mol. The molecule has 7 heteroatoms. The minimum Gasteiger partial charge on any atom is -0.462 e. The lowest BCUT2D eigenvalue weighted by Crippen LogP contribution is -2.30. The van der Waals surface area contributed by atoms with Crippen molar-refractivity contribution < 1.29 is 14.3 Å². The zero-order valence-electron chi connectivity index (χ0n) is 13.3. The van der Waals surface area contributed by atoms with Gasteiger partial charge in [-0.15, -0.1) is 11.3 Å². The maximum absolute atomic E-state index is 12.6. The fraction of sp³-hybridized carbons (Fsp3) is 0.111. The molecule has 0 saturated heterocycles. The number of carbonyl (C=O) groups excluding carboxylic acids is 2. The van der Waals surface area contributed by atoms with Gasteiger partial charge in [0.05, 0.1) is 17.2 Å². The van der Waals surface area contributed by atoms with Gasteiger partial charge in [0.15, 0.2) is 0 Å². The number of thiophene rings is 1. The number of hydrogen-bond acceptors (Lipinski definition) is 6. The van der Waals surface area contributed by atoms with Gasteiger partial charge < -0.3 is 4.74 Å². The van der Waals surface area contributed by atoms with E-state index in [4.69, 9.17) is 4.74 Å². The molecule has 2 aromatic heterocycles. The fourth-order valence-electron chi connectivity index (χ4n) is 2.24. The molecule has 3 rings (SSSR count). The molecule has 0 aliphatic heterocycles. The Morgan fingerprint density at radius 2 is 1.92 bits per heavy atom. The minimum absolute atomic E-state index is 0.00829. The van der Waals surface area contributed by atoms with Gasteiger partial charge in [0.1, 0.15) is 11.3 Å². The first kappa shape index (κ1) is 16.8. The number of para-hydroxylation sites is 1. The van der Waals surface area contributed by atoms with Crippen LogP contribution in [0, 0.1) is 0 Å². The van der Waals surface area contributed by atoms with Crippen LogP contribution in [0.5, 0.6) is 0 Å². The highest BCUT2D eigenvalue weighted by molar-refractivity contribution is 7.12. The van der Waals surface area contributed by atoms with Gasteiger partial charge in [0, 0.05) is 0 Å². The number of ether oxygens (including phenoxy) is 1. The molecule has 0 unspecified atom stereocenters. The Balaban J connectivity index is 2.19. The van der Waals surface area contributed by atoms with E-state index < -0.39 is 11.5 Å². The summed E-state index contributed by atoms with van der Waals surface area (Å²) in [4.78, 5) is 37.9. The molecule has 2 heterocycles. The molecule has 0 N–H and O–H groups in total. The number of esters is 1. The van der Waals surface area contributed by atoms with Crippen molar-refractivity contribution in [1.29, 1.82) is 0 Å². The van der Waals surface area contributed by atoms with Crippen LogP contribution in [0.15, 0.2) is 58.7 Å².